The number of esters is 1. The summed E-state index contributed by atoms with van der Waals surface area (Å²) in [6.45, 7) is 4.64. The third-order valence-corrected chi connectivity index (χ3v) is 4.17. The average molecular weight is 426 g/mol. The van der Waals surface area contributed by atoms with Crippen LogP contribution in [0.3, 0.4) is 0 Å². The second-order valence-corrected chi connectivity index (χ2v) is 6.73. The number of nitrogens with one attached hydrogen (secondary N) is 1. The second kappa shape index (κ2) is 12.1. The fraction of sp³-hybridized carbons (Fsp3) is 0.304. The highest BCUT2D eigenvalue weighted by molar-refractivity contribution is 6.02. The monoisotopic (exact) mass is 426 g/mol. The maximum absolute atomic E-state index is 12.2. The molecule has 0 bridgehead atoms. The Labute approximate surface area is 181 Å². The van der Waals surface area contributed by atoms with E-state index in [4.69, 9.17) is 9.47 Å². The molecule has 0 saturated heterocycles. The molecule has 0 fully saturated rings. The van der Waals surface area contributed by atoms with Crippen LogP contribution in [0.2, 0.25) is 0 Å². The molecule has 2 aromatic carbocycles. The summed E-state index contributed by atoms with van der Waals surface area (Å²) in [5.41, 5.74) is 1.11. The zero-order chi connectivity index (χ0) is 22.6. The number of carbonyl (C=O) groups is 2. The zero-order valence-corrected chi connectivity index (χ0v) is 17.6. The lowest BCUT2D eigenvalue weighted by atomic mass is 10.1. The number of ether oxygens (including phenoxy) is 2. The first-order chi connectivity index (χ1) is 14.9. The Hall–Kier alpha value is -3.68. The van der Waals surface area contributed by atoms with Crippen LogP contribution in [0.15, 0.2) is 48.5 Å². The van der Waals surface area contributed by atoms with E-state index in [0.29, 0.717) is 30.0 Å². The van der Waals surface area contributed by atoms with Crippen molar-refractivity contribution >= 4 is 29.3 Å². The van der Waals surface area contributed by atoms with E-state index in [2.05, 4.69) is 5.32 Å². The number of nitro groups is 1. The van der Waals surface area contributed by atoms with Gasteiger partial charge in [-0.3, -0.25) is 14.9 Å². The Bertz CT molecular complexity index is 955. The van der Waals surface area contributed by atoms with Crippen LogP contribution in [0.5, 0.6) is 5.75 Å². The molecule has 0 aliphatic rings. The summed E-state index contributed by atoms with van der Waals surface area (Å²) in [7, 11) is 0. The summed E-state index contributed by atoms with van der Waals surface area (Å²) in [4.78, 5) is 35.0. The van der Waals surface area contributed by atoms with Gasteiger partial charge >= 0.3 is 11.7 Å². The Balaban J connectivity index is 2.04. The van der Waals surface area contributed by atoms with E-state index < -0.39 is 16.8 Å². The number of unbranched alkanes of at least 4 members (excludes halogenated alkanes) is 1. The number of amides is 1. The molecule has 0 unspecified atom stereocenters. The zero-order valence-electron chi connectivity index (χ0n) is 17.6. The van der Waals surface area contributed by atoms with Gasteiger partial charge in [-0.25, -0.2) is 4.79 Å². The molecule has 0 aromatic heterocycles. The first-order valence-electron chi connectivity index (χ1n) is 10.1. The minimum atomic E-state index is -0.520. The van der Waals surface area contributed by atoms with Crippen LogP contribution in [-0.4, -0.2) is 30.0 Å². The summed E-state index contributed by atoms with van der Waals surface area (Å²) in [6, 6.07) is 10.9. The van der Waals surface area contributed by atoms with Gasteiger partial charge in [0.05, 0.1) is 23.7 Å². The van der Waals surface area contributed by atoms with Gasteiger partial charge in [-0.05, 0) is 48.7 Å². The Morgan fingerprint density at radius 2 is 1.90 bits per heavy atom. The largest absolute Gasteiger partial charge is 0.487 e. The average Bonchev–Trinajstić information content (AvgIpc) is 2.76. The van der Waals surface area contributed by atoms with Crippen LogP contribution in [0.4, 0.5) is 11.4 Å². The Morgan fingerprint density at radius 1 is 1.10 bits per heavy atom. The predicted molar refractivity (Wildman–Crippen MR) is 118 cm³/mol. The van der Waals surface area contributed by atoms with E-state index in [1.165, 1.54) is 30.4 Å². The molecule has 164 valence electrons. The van der Waals surface area contributed by atoms with E-state index >= 15 is 0 Å². The molecule has 0 saturated carbocycles. The molecule has 2 rings (SSSR count). The smallest absolute Gasteiger partial charge is 0.338 e. The van der Waals surface area contributed by atoms with Crippen molar-refractivity contribution < 1.29 is 24.0 Å². The molecule has 0 heterocycles. The highest BCUT2D eigenvalue weighted by atomic mass is 16.6. The number of anilines is 1. The van der Waals surface area contributed by atoms with E-state index in [1.54, 1.807) is 24.3 Å². The van der Waals surface area contributed by atoms with Crippen molar-refractivity contribution in [1.82, 2.24) is 0 Å². The fourth-order valence-electron chi connectivity index (χ4n) is 2.59. The van der Waals surface area contributed by atoms with Crippen molar-refractivity contribution in [3.8, 4) is 5.75 Å². The van der Waals surface area contributed by atoms with Crippen LogP contribution in [0.1, 0.15) is 49.0 Å². The highest BCUT2D eigenvalue weighted by Gasteiger charge is 2.15. The molecule has 0 atom stereocenters. The fourth-order valence-corrected chi connectivity index (χ4v) is 2.59. The molecule has 0 aliphatic carbocycles. The topological polar surface area (TPSA) is 108 Å². The molecule has 0 spiro atoms. The molecular weight excluding hydrogens is 400 g/mol. The minimum Gasteiger partial charge on any atom is -0.487 e. The number of nitrogens with zero attached hydrogens (tertiary/aromatic N) is 1. The lowest BCUT2D eigenvalue weighted by Crippen LogP contribution is -2.10. The van der Waals surface area contributed by atoms with Crippen molar-refractivity contribution in [2.45, 2.75) is 33.1 Å². The summed E-state index contributed by atoms with van der Waals surface area (Å²) >= 11 is 0. The van der Waals surface area contributed by atoms with Crippen molar-refractivity contribution in [3.63, 3.8) is 0 Å². The number of nitro benzene ring substituents is 1. The molecule has 31 heavy (non-hydrogen) atoms. The molecule has 8 heteroatoms. The second-order valence-electron chi connectivity index (χ2n) is 6.73. The first-order valence-corrected chi connectivity index (χ1v) is 10.1. The van der Waals surface area contributed by atoms with E-state index in [0.717, 1.165) is 19.3 Å². The number of benzene rings is 2. The summed E-state index contributed by atoms with van der Waals surface area (Å²) in [5, 5.41) is 13.9. The van der Waals surface area contributed by atoms with Gasteiger partial charge in [0.1, 0.15) is 0 Å². The van der Waals surface area contributed by atoms with Crippen LogP contribution in [0, 0.1) is 10.1 Å². The van der Waals surface area contributed by atoms with E-state index in [-0.39, 0.29) is 11.4 Å². The number of carbonyl (C=O) groups excluding carboxylic acids is 2. The molecule has 1 N–H and O–H groups in total. The molecule has 1 amide bonds. The van der Waals surface area contributed by atoms with Crippen molar-refractivity contribution in [3.05, 3.63) is 69.8 Å². The molecule has 8 nitrogen and oxygen atoms in total. The van der Waals surface area contributed by atoms with Crippen molar-refractivity contribution in [2.75, 3.05) is 18.5 Å². The third kappa shape index (κ3) is 7.58. The van der Waals surface area contributed by atoms with E-state index in [1.807, 2.05) is 13.8 Å². The summed E-state index contributed by atoms with van der Waals surface area (Å²) in [6.07, 6.45) is 5.17. The third-order valence-electron chi connectivity index (χ3n) is 4.17. The van der Waals surface area contributed by atoms with Crippen LogP contribution in [-0.2, 0) is 9.53 Å². The van der Waals surface area contributed by atoms with Gasteiger partial charge in [0.15, 0.2) is 5.75 Å². The Morgan fingerprint density at radius 3 is 2.61 bits per heavy atom. The normalized spacial score (nSPS) is 10.6. The van der Waals surface area contributed by atoms with E-state index in [9.17, 15) is 19.7 Å². The number of rotatable bonds is 11. The van der Waals surface area contributed by atoms with Crippen molar-refractivity contribution in [1.29, 1.82) is 0 Å². The van der Waals surface area contributed by atoms with Gasteiger partial charge in [0, 0.05) is 17.8 Å². The molecule has 2 aromatic rings. The van der Waals surface area contributed by atoms with Crippen LogP contribution < -0.4 is 10.1 Å². The highest BCUT2D eigenvalue weighted by Crippen LogP contribution is 2.28. The number of hydrogen-bond donors (Lipinski definition) is 1. The number of hydrogen-bond acceptors (Lipinski definition) is 6. The SMILES string of the molecule is CCCCOC(=O)c1cccc(NC(=O)/C=C/c2ccc(OCCC)c([N+](=O)[O-])c2)c1. The van der Waals surface area contributed by atoms with Gasteiger partial charge in [-0.2, -0.15) is 0 Å². The maximum atomic E-state index is 12.2. The summed E-state index contributed by atoms with van der Waals surface area (Å²) in [5.74, 6) is -0.695. The van der Waals surface area contributed by atoms with Crippen LogP contribution >= 0.6 is 0 Å². The molecule has 0 radical (unpaired) electrons. The van der Waals surface area contributed by atoms with Gasteiger partial charge in [0.2, 0.25) is 5.91 Å². The molecule has 0 aliphatic heterocycles. The molecular formula is C23H26N2O6. The van der Waals surface area contributed by atoms with Gasteiger partial charge in [-0.15, -0.1) is 0 Å². The van der Waals surface area contributed by atoms with Gasteiger partial charge in [0.25, 0.3) is 0 Å². The van der Waals surface area contributed by atoms with Gasteiger partial charge < -0.3 is 14.8 Å². The summed E-state index contributed by atoms with van der Waals surface area (Å²) < 4.78 is 10.6. The maximum Gasteiger partial charge on any atom is 0.338 e. The Kier molecular flexibility index (Phi) is 9.22. The minimum absolute atomic E-state index is 0.162. The lowest BCUT2D eigenvalue weighted by molar-refractivity contribution is -0.385. The van der Waals surface area contributed by atoms with Crippen molar-refractivity contribution in [2.24, 2.45) is 0 Å². The first kappa shape index (κ1) is 23.6. The lowest BCUT2D eigenvalue weighted by Gasteiger charge is -2.07. The quantitative estimate of drug-likeness (QED) is 0.178. The predicted octanol–water partition coefficient (Wildman–Crippen LogP) is 4.99. The van der Waals surface area contributed by atoms with Crippen LogP contribution in [0.25, 0.3) is 6.08 Å². The van der Waals surface area contributed by atoms with Gasteiger partial charge in [-0.1, -0.05) is 32.4 Å². The standard InChI is InChI=1S/C23H26N2O6/c1-3-5-14-31-23(27)18-7-6-8-19(16-18)24-22(26)12-10-17-9-11-21(30-13-4-2)20(15-17)25(28)29/h6-12,15-16H,3-5,13-14H2,1-2H3,(H,24,26)/b12-10+.